The molecule has 1 aliphatic rings. The van der Waals surface area contributed by atoms with E-state index in [4.69, 9.17) is 0 Å². The lowest BCUT2D eigenvalue weighted by molar-refractivity contribution is 0.672. The summed E-state index contributed by atoms with van der Waals surface area (Å²) in [6.07, 6.45) is 0. The number of para-hydroxylation sites is 1. The van der Waals surface area contributed by atoms with E-state index in [0.717, 1.165) is 17.1 Å². The minimum atomic E-state index is -0.134. The van der Waals surface area contributed by atoms with Crippen molar-refractivity contribution in [2.75, 3.05) is 4.90 Å². The zero-order chi connectivity index (χ0) is 27.7. The molecule has 1 nitrogen and oxygen atoms in total. The van der Waals surface area contributed by atoms with E-state index >= 15 is 0 Å². The van der Waals surface area contributed by atoms with Gasteiger partial charge in [-0.3, -0.25) is 0 Å². The summed E-state index contributed by atoms with van der Waals surface area (Å²) < 4.78 is 0. The third-order valence-electron chi connectivity index (χ3n) is 9.02. The molecule has 0 aromatic heterocycles. The third-order valence-corrected chi connectivity index (χ3v) is 9.02. The molecule has 1 heteroatoms. The molecule has 0 N–H and O–H groups in total. The molecule has 7 aromatic rings. The largest absolute Gasteiger partial charge is 0.310 e. The molecule has 0 unspecified atom stereocenters. The third kappa shape index (κ3) is 3.49. The summed E-state index contributed by atoms with van der Waals surface area (Å²) >= 11 is 0. The van der Waals surface area contributed by atoms with Crippen LogP contribution in [0.3, 0.4) is 0 Å². The highest BCUT2D eigenvalue weighted by atomic mass is 15.1. The van der Waals surface area contributed by atoms with Crippen molar-refractivity contribution in [1.82, 2.24) is 0 Å². The fourth-order valence-corrected chi connectivity index (χ4v) is 7.24. The minimum Gasteiger partial charge on any atom is -0.310 e. The van der Waals surface area contributed by atoms with Crippen LogP contribution < -0.4 is 4.90 Å². The van der Waals surface area contributed by atoms with E-state index in [1.165, 1.54) is 60.1 Å². The molecule has 0 spiro atoms. The van der Waals surface area contributed by atoms with Crippen LogP contribution >= 0.6 is 0 Å². The van der Waals surface area contributed by atoms with Crippen LogP contribution in [0.2, 0.25) is 0 Å². The molecule has 0 atom stereocenters. The lowest BCUT2D eigenvalue weighted by atomic mass is 9.78. The summed E-state index contributed by atoms with van der Waals surface area (Å²) in [6.45, 7) is 6.96. The Labute approximate surface area is 241 Å². The summed E-state index contributed by atoms with van der Waals surface area (Å²) in [6, 6.07) is 49.1. The summed E-state index contributed by atoms with van der Waals surface area (Å²) in [5.41, 5.74) is 10.2. The van der Waals surface area contributed by atoms with Crippen LogP contribution in [0.15, 0.2) is 133 Å². The van der Waals surface area contributed by atoms with Gasteiger partial charge in [-0.15, -0.1) is 0 Å². The molecule has 41 heavy (non-hydrogen) atoms. The van der Waals surface area contributed by atoms with E-state index in [9.17, 15) is 0 Å². The molecule has 196 valence electrons. The Morgan fingerprint density at radius 3 is 1.88 bits per heavy atom. The van der Waals surface area contributed by atoms with Crippen LogP contribution in [0.4, 0.5) is 17.1 Å². The molecule has 0 bridgehead atoms. The number of nitrogens with zero attached hydrogens (tertiary/aromatic N) is 1. The summed E-state index contributed by atoms with van der Waals surface area (Å²) in [5, 5.41) is 7.93. The molecule has 1 aliphatic carbocycles. The number of rotatable bonds is 3. The van der Waals surface area contributed by atoms with Crippen LogP contribution in [-0.4, -0.2) is 0 Å². The Balaban J connectivity index is 1.44. The van der Waals surface area contributed by atoms with Gasteiger partial charge >= 0.3 is 0 Å². The van der Waals surface area contributed by atoms with Gasteiger partial charge in [0.2, 0.25) is 0 Å². The van der Waals surface area contributed by atoms with Gasteiger partial charge in [0.05, 0.1) is 0 Å². The molecule has 8 rings (SSSR count). The number of fused-ring (bicyclic) bond motifs is 10. The molecule has 0 amide bonds. The first kappa shape index (κ1) is 24.0. The van der Waals surface area contributed by atoms with E-state index in [1.54, 1.807) is 0 Å². The standard InChI is InChI=1S/C40H31N/c1-26-17-20-29(21-18-26)41(28-12-5-4-6-13-28)30-22-24-34-36(25-30)32-15-9-10-16-33(32)37-35-23-19-27-11-7-8-14-31(27)38(35)40(2,3)39(34)37/h4-25H,1-3H3. The monoisotopic (exact) mass is 525 g/mol. The highest BCUT2D eigenvalue weighted by Gasteiger charge is 2.39. The first-order chi connectivity index (χ1) is 20.0. The van der Waals surface area contributed by atoms with Crippen molar-refractivity contribution in [2.45, 2.75) is 26.2 Å². The van der Waals surface area contributed by atoms with E-state index in [1.807, 2.05) is 0 Å². The van der Waals surface area contributed by atoms with Crippen molar-refractivity contribution in [3.05, 3.63) is 150 Å². The lowest BCUT2D eigenvalue weighted by Crippen LogP contribution is -2.16. The van der Waals surface area contributed by atoms with Gasteiger partial charge in [-0.2, -0.15) is 0 Å². The molecule has 0 fully saturated rings. The average Bonchev–Trinajstić information content (AvgIpc) is 3.26. The molecule has 7 aromatic carbocycles. The van der Waals surface area contributed by atoms with Gasteiger partial charge in [-0.05, 0) is 97.9 Å². The summed E-state index contributed by atoms with van der Waals surface area (Å²) in [4.78, 5) is 2.37. The van der Waals surface area contributed by atoms with E-state index in [2.05, 4.69) is 159 Å². The average molecular weight is 526 g/mol. The molecule has 0 radical (unpaired) electrons. The highest BCUT2D eigenvalue weighted by molar-refractivity contribution is 6.20. The number of hydrogen-bond donors (Lipinski definition) is 0. The lowest BCUT2D eigenvalue weighted by Gasteiger charge is -2.28. The smallest absolute Gasteiger partial charge is 0.0468 e. The fraction of sp³-hybridized carbons (Fsp3) is 0.100. The Bertz CT molecular complexity index is 2120. The second-order valence-electron chi connectivity index (χ2n) is 11.9. The van der Waals surface area contributed by atoms with Crippen LogP contribution in [0.5, 0.6) is 0 Å². The minimum absolute atomic E-state index is 0.134. The van der Waals surface area contributed by atoms with Crippen molar-refractivity contribution in [2.24, 2.45) is 0 Å². The van der Waals surface area contributed by atoms with Crippen molar-refractivity contribution >= 4 is 49.4 Å². The maximum absolute atomic E-state index is 2.41. The van der Waals surface area contributed by atoms with Gasteiger partial charge in [0.25, 0.3) is 0 Å². The van der Waals surface area contributed by atoms with Crippen LogP contribution in [0.1, 0.15) is 30.5 Å². The number of aryl methyl sites for hydroxylation is 1. The van der Waals surface area contributed by atoms with E-state index in [-0.39, 0.29) is 5.41 Å². The van der Waals surface area contributed by atoms with Crippen molar-refractivity contribution < 1.29 is 0 Å². The Morgan fingerprint density at radius 2 is 1.10 bits per heavy atom. The molecular formula is C40H31N. The highest BCUT2D eigenvalue weighted by Crippen LogP contribution is 2.56. The van der Waals surface area contributed by atoms with Crippen molar-refractivity contribution in [1.29, 1.82) is 0 Å². The first-order valence-electron chi connectivity index (χ1n) is 14.5. The maximum Gasteiger partial charge on any atom is 0.0468 e. The molecule has 0 heterocycles. The van der Waals surface area contributed by atoms with Gasteiger partial charge in [-0.1, -0.05) is 116 Å². The van der Waals surface area contributed by atoms with Gasteiger partial charge in [0.1, 0.15) is 0 Å². The van der Waals surface area contributed by atoms with Crippen molar-refractivity contribution in [3.8, 4) is 11.1 Å². The van der Waals surface area contributed by atoms with Gasteiger partial charge in [0.15, 0.2) is 0 Å². The molecular weight excluding hydrogens is 494 g/mol. The Morgan fingerprint density at radius 1 is 0.463 bits per heavy atom. The predicted octanol–water partition coefficient (Wildman–Crippen LogP) is 11.2. The molecule has 0 aliphatic heterocycles. The zero-order valence-corrected chi connectivity index (χ0v) is 23.6. The zero-order valence-electron chi connectivity index (χ0n) is 23.6. The summed E-state index contributed by atoms with van der Waals surface area (Å²) in [7, 11) is 0. The quantitative estimate of drug-likeness (QED) is 0.207. The number of benzene rings is 7. The van der Waals surface area contributed by atoms with Crippen LogP contribution in [0.25, 0.3) is 43.4 Å². The Kier molecular flexibility index (Phi) is 5.15. The number of hydrogen-bond acceptors (Lipinski definition) is 1. The van der Waals surface area contributed by atoms with Gasteiger partial charge < -0.3 is 4.90 Å². The predicted molar refractivity (Wildman–Crippen MR) is 176 cm³/mol. The van der Waals surface area contributed by atoms with Crippen molar-refractivity contribution in [3.63, 3.8) is 0 Å². The second kappa shape index (κ2) is 8.81. The SMILES string of the molecule is Cc1ccc(N(c2ccccc2)c2ccc3c4c(c5ccccc5c3c2)-c2ccc3ccccc3c2C4(C)C)cc1. The van der Waals surface area contributed by atoms with Crippen LogP contribution in [0, 0.1) is 6.92 Å². The normalized spacial score (nSPS) is 13.4. The molecule has 0 saturated carbocycles. The van der Waals surface area contributed by atoms with Crippen LogP contribution in [-0.2, 0) is 5.41 Å². The summed E-state index contributed by atoms with van der Waals surface area (Å²) in [5.74, 6) is 0. The fourth-order valence-electron chi connectivity index (χ4n) is 7.24. The van der Waals surface area contributed by atoms with Gasteiger partial charge in [-0.25, -0.2) is 0 Å². The van der Waals surface area contributed by atoms with Gasteiger partial charge in [0, 0.05) is 22.5 Å². The maximum atomic E-state index is 2.41. The van der Waals surface area contributed by atoms with E-state index in [0.29, 0.717) is 0 Å². The topological polar surface area (TPSA) is 3.24 Å². The second-order valence-corrected chi connectivity index (χ2v) is 11.9. The van der Waals surface area contributed by atoms with E-state index < -0.39 is 0 Å². The first-order valence-corrected chi connectivity index (χ1v) is 14.5. The molecule has 0 saturated heterocycles. The number of anilines is 3. The Hall–Kier alpha value is -4.88.